The van der Waals surface area contributed by atoms with Gasteiger partial charge < -0.3 is 10.1 Å². The Bertz CT molecular complexity index is 1100. The maximum Gasteiger partial charge on any atom is 0.257 e. The third-order valence-corrected chi connectivity index (χ3v) is 6.46. The molecule has 0 aromatic heterocycles. The fraction of sp³-hybridized carbons (Fsp3) is 0.316. The first-order valence-corrected chi connectivity index (χ1v) is 11.6. The van der Waals surface area contributed by atoms with Crippen LogP contribution in [0.3, 0.4) is 0 Å². The molecule has 1 heterocycles. The van der Waals surface area contributed by atoms with Crippen molar-refractivity contribution in [1.82, 2.24) is 0 Å². The van der Waals surface area contributed by atoms with E-state index >= 15 is 0 Å². The van der Waals surface area contributed by atoms with Gasteiger partial charge in [0, 0.05) is 37.1 Å². The Hall–Kier alpha value is -2.01. The van der Waals surface area contributed by atoms with Gasteiger partial charge in [-0.1, -0.05) is 23.2 Å². The number of anilines is 2. The summed E-state index contributed by atoms with van der Waals surface area (Å²) in [4.78, 5) is 12.7. The normalized spacial score (nSPS) is 15.0. The molecule has 0 bridgehead atoms. The summed E-state index contributed by atoms with van der Waals surface area (Å²) in [5, 5.41) is 2.09. The monoisotopic (exact) mass is 496 g/mol. The second kappa shape index (κ2) is 9.23. The molecule has 1 aliphatic rings. The van der Waals surface area contributed by atoms with E-state index in [4.69, 9.17) is 27.9 Å². The first-order chi connectivity index (χ1) is 14.5. The SMILES string of the molecule is CS(=O)(=O)N(c1cc(C(=O)Nc2cc(F)c(F)c(F)c2)c(Cl)cc1Cl)C1CCOCC1. The molecular weight excluding hydrogens is 480 g/mol. The molecule has 1 aliphatic heterocycles. The van der Waals surface area contributed by atoms with E-state index in [9.17, 15) is 26.4 Å². The minimum Gasteiger partial charge on any atom is -0.381 e. The Kier molecular flexibility index (Phi) is 7.04. The fourth-order valence-electron chi connectivity index (χ4n) is 3.27. The standard InChI is InChI=1S/C19H17Cl2F3N2O4S/c1-31(28,29)26(11-2-4-30-5-3-11)17-8-12(13(20)9-14(17)21)19(27)25-10-6-15(22)18(24)16(23)7-10/h6-9,11H,2-5H2,1H3,(H,25,27). The molecule has 0 aliphatic carbocycles. The van der Waals surface area contributed by atoms with Crippen molar-refractivity contribution >= 4 is 50.5 Å². The van der Waals surface area contributed by atoms with Crippen LogP contribution in [0.25, 0.3) is 0 Å². The van der Waals surface area contributed by atoms with Crippen molar-refractivity contribution in [3.63, 3.8) is 0 Å². The molecule has 12 heteroatoms. The summed E-state index contributed by atoms with van der Waals surface area (Å²) in [5.74, 6) is -5.54. The topological polar surface area (TPSA) is 75.7 Å². The zero-order valence-electron chi connectivity index (χ0n) is 16.1. The second-order valence-electron chi connectivity index (χ2n) is 6.89. The third-order valence-electron chi connectivity index (χ3n) is 4.64. The van der Waals surface area contributed by atoms with Crippen molar-refractivity contribution in [3.8, 4) is 0 Å². The number of nitrogens with one attached hydrogen (secondary N) is 1. The second-order valence-corrected chi connectivity index (χ2v) is 9.57. The third kappa shape index (κ3) is 5.25. The Labute approximate surface area is 186 Å². The summed E-state index contributed by atoms with van der Waals surface area (Å²) in [6, 6.07) is 3.15. The van der Waals surface area contributed by atoms with Crippen LogP contribution in [-0.2, 0) is 14.8 Å². The summed E-state index contributed by atoms with van der Waals surface area (Å²) in [6.45, 7) is 0.716. The van der Waals surface area contributed by atoms with Crippen LogP contribution in [0, 0.1) is 17.5 Å². The van der Waals surface area contributed by atoms with E-state index in [1.165, 1.54) is 12.1 Å². The van der Waals surface area contributed by atoms with Crippen molar-refractivity contribution in [1.29, 1.82) is 0 Å². The molecule has 0 atom stereocenters. The predicted octanol–water partition coefficient (Wildman–Crippen LogP) is 4.61. The molecule has 1 N–H and O–H groups in total. The van der Waals surface area contributed by atoms with Gasteiger partial charge in [0.25, 0.3) is 5.91 Å². The minimum atomic E-state index is -3.79. The molecule has 6 nitrogen and oxygen atoms in total. The molecule has 1 fully saturated rings. The number of halogens is 5. The number of sulfonamides is 1. The average Bonchev–Trinajstić information content (AvgIpc) is 2.67. The van der Waals surface area contributed by atoms with Gasteiger partial charge in [-0.25, -0.2) is 21.6 Å². The van der Waals surface area contributed by atoms with Gasteiger partial charge in [0.1, 0.15) is 0 Å². The average molecular weight is 497 g/mol. The highest BCUT2D eigenvalue weighted by atomic mass is 35.5. The number of hydrogen-bond donors (Lipinski definition) is 1. The van der Waals surface area contributed by atoms with Gasteiger partial charge in [-0.05, 0) is 25.0 Å². The molecule has 3 rings (SSSR count). The molecule has 0 saturated carbocycles. The Balaban J connectivity index is 2.00. The molecule has 2 aromatic rings. The lowest BCUT2D eigenvalue weighted by Crippen LogP contribution is -2.43. The van der Waals surface area contributed by atoms with Gasteiger partial charge in [0.2, 0.25) is 10.0 Å². The van der Waals surface area contributed by atoms with Crippen molar-refractivity contribution in [2.45, 2.75) is 18.9 Å². The summed E-state index contributed by atoms with van der Waals surface area (Å²) < 4.78 is 71.4. The smallest absolute Gasteiger partial charge is 0.257 e. The van der Waals surface area contributed by atoms with E-state index in [0.717, 1.165) is 10.6 Å². The number of benzene rings is 2. The molecule has 1 saturated heterocycles. The van der Waals surface area contributed by atoms with Crippen molar-refractivity contribution in [2.24, 2.45) is 0 Å². The summed E-state index contributed by atoms with van der Waals surface area (Å²) in [7, 11) is -3.79. The van der Waals surface area contributed by atoms with Crippen molar-refractivity contribution in [3.05, 3.63) is 57.3 Å². The van der Waals surface area contributed by atoms with E-state index in [0.29, 0.717) is 38.2 Å². The number of carbonyl (C=O) groups excluding carboxylic acids is 1. The minimum absolute atomic E-state index is 0.00246. The first-order valence-electron chi connectivity index (χ1n) is 9.01. The lowest BCUT2D eigenvalue weighted by molar-refractivity contribution is 0.0875. The largest absolute Gasteiger partial charge is 0.381 e. The van der Waals surface area contributed by atoms with Crippen LogP contribution in [0.5, 0.6) is 0 Å². The number of carbonyl (C=O) groups is 1. The van der Waals surface area contributed by atoms with Crippen LogP contribution in [0.2, 0.25) is 10.0 Å². The van der Waals surface area contributed by atoms with E-state index in [1.807, 2.05) is 0 Å². The zero-order valence-corrected chi connectivity index (χ0v) is 18.4. The quantitative estimate of drug-likeness (QED) is 0.613. The number of hydrogen-bond acceptors (Lipinski definition) is 4. The van der Waals surface area contributed by atoms with Gasteiger partial charge >= 0.3 is 0 Å². The lowest BCUT2D eigenvalue weighted by Gasteiger charge is -2.34. The van der Waals surface area contributed by atoms with Crippen LogP contribution in [0.1, 0.15) is 23.2 Å². The highest BCUT2D eigenvalue weighted by Gasteiger charge is 2.31. The molecule has 31 heavy (non-hydrogen) atoms. The number of nitrogens with zero attached hydrogens (tertiary/aromatic N) is 1. The molecule has 0 unspecified atom stereocenters. The summed E-state index contributed by atoms with van der Waals surface area (Å²) in [6.07, 6.45) is 1.85. The number of rotatable bonds is 5. The zero-order chi connectivity index (χ0) is 22.9. The van der Waals surface area contributed by atoms with E-state index in [1.54, 1.807) is 0 Å². The van der Waals surface area contributed by atoms with Gasteiger partial charge in [0.15, 0.2) is 17.5 Å². The van der Waals surface area contributed by atoms with Crippen molar-refractivity contribution < 1.29 is 31.1 Å². The van der Waals surface area contributed by atoms with Crippen LogP contribution in [0.15, 0.2) is 24.3 Å². The van der Waals surface area contributed by atoms with E-state index in [-0.39, 0.29) is 27.0 Å². The molecule has 1 amide bonds. The molecular formula is C19H17Cl2F3N2O4S. The first kappa shape index (κ1) is 23.6. The van der Waals surface area contributed by atoms with E-state index < -0.39 is 39.4 Å². The maximum atomic E-state index is 13.4. The lowest BCUT2D eigenvalue weighted by atomic mass is 10.1. The highest BCUT2D eigenvalue weighted by Crippen LogP contribution is 2.36. The molecule has 168 valence electrons. The van der Waals surface area contributed by atoms with Crippen LogP contribution < -0.4 is 9.62 Å². The Morgan fingerprint density at radius 1 is 1.06 bits per heavy atom. The molecule has 2 aromatic carbocycles. The molecule has 0 spiro atoms. The molecule has 0 radical (unpaired) electrons. The van der Waals surface area contributed by atoms with Gasteiger partial charge in [0.05, 0.1) is 27.6 Å². The highest BCUT2D eigenvalue weighted by molar-refractivity contribution is 7.92. The van der Waals surface area contributed by atoms with Gasteiger partial charge in [-0.15, -0.1) is 0 Å². The van der Waals surface area contributed by atoms with Crippen LogP contribution in [-0.4, -0.2) is 39.8 Å². The maximum absolute atomic E-state index is 13.4. The Morgan fingerprint density at radius 3 is 2.19 bits per heavy atom. The predicted molar refractivity (Wildman–Crippen MR) is 112 cm³/mol. The van der Waals surface area contributed by atoms with Crippen molar-refractivity contribution in [2.75, 3.05) is 29.1 Å². The van der Waals surface area contributed by atoms with Gasteiger partial charge in [-0.3, -0.25) is 9.10 Å². The number of ether oxygens (including phenoxy) is 1. The van der Waals surface area contributed by atoms with Gasteiger partial charge in [-0.2, -0.15) is 0 Å². The van der Waals surface area contributed by atoms with E-state index in [2.05, 4.69) is 5.32 Å². The fourth-order valence-corrected chi connectivity index (χ4v) is 5.14. The summed E-state index contributed by atoms with van der Waals surface area (Å²) in [5.41, 5.74) is -0.507. The number of amides is 1. The van der Waals surface area contributed by atoms with Crippen LogP contribution in [0.4, 0.5) is 24.5 Å². The van der Waals surface area contributed by atoms with Crippen LogP contribution >= 0.6 is 23.2 Å². The Morgan fingerprint density at radius 2 is 1.65 bits per heavy atom. The summed E-state index contributed by atoms with van der Waals surface area (Å²) >= 11 is 12.4.